The van der Waals surface area contributed by atoms with Crippen molar-refractivity contribution in [3.63, 3.8) is 0 Å². The van der Waals surface area contributed by atoms with Gasteiger partial charge in [0, 0.05) is 31.4 Å². The molecule has 2 N–H and O–H groups in total. The number of hydrogen-bond acceptors (Lipinski definition) is 6. The van der Waals surface area contributed by atoms with Gasteiger partial charge >= 0.3 is 5.97 Å². The van der Waals surface area contributed by atoms with Crippen LogP contribution in [0.4, 0.5) is 0 Å². The Balaban J connectivity index is 1.85. The molecular weight excluding hydrogens is 284 g/mol. The molecular formula is C15H16N4O3. The molecule has 0 radical (unpaired) electrons. The Hall–Kier alpha value is -2.80. The number of aromatic nitrogens is 2. The van der Waals surface area contributed by atoms with E-state index in [1.54, 1.807) is 0 Å². The van der Waals surface area contributed by atoms with Crippen LogP contribution >= 0.6 is 0 Å². The van der Waals surface area contributed by atoms with Crippen molar-refractivity contribution in [2.24, 2.45) is 0 Å². The van der Waals surface area contributed by atoms with Crippen LogP contribution in [0, 0.1) is 0 Å². The zero-order valence-electron chi connectivity index (χ0n) is 12.1. The number of hydrazine groups is 1. The Labute approximate surface area is 127 Å². The van der Waals surface area contributed by atoms with Gasteiger partial charge in [0.2, 0.25) is 0 Å². The number of hydrogen-bond donors (Lipinski definition) is 2. The molecule has 2 aromatic rings. The second-order valence-corrected chi connectivity index (χ2v) is 4.38. The van der Waals surface area contributed by atoms with E-state index >= 15 is 0 Å². The van der Waals surface area contributed by atoms with Gasteiger partial charge in [-0.25, -0.2) is 15.4 Å². The minimum Gasteiger partial charge on any atom is -0.464 e. The minimum absolute atomic E-state index is 0.180. The third-order valence-electron chi connectivity index (χ3n) is 2.68. The lowest BCUT2D eigenvalue weighted by atomic mass is 10.2. The van der Waals surface area contributed by atoms with E-state index in [1.165, 1.54) is 19.3 Å². The first-order valence-corrected chi connectivity index (χ1v) is 6.71. The van der Waals surface area contributed by atoms with Crippen molar-refractivity contribution in [1.82, 2.24) is 20.8 Å². The van der Waals surface area contributed by atoms with Gasteiger partial charge in [0.15, 0.2) is 5.82 Å². The van der Waals surface area contributed by atoms with Crippen LogP contribution in [-0.2, 0) is 9.53 Å². The highest BCUT2D eigenvalue weighted by molar-refractivity contribution is 5.93. The van der Waals surface area contributed by atoms with E-state index in [-0.39, 0.29) is 18.5 Å². The fraction of sp³-hybridized carbons (Fsp3) is 0.200. The zero-order chi connectivity index (χ0) is 15.8. The molecule has 0 spiro atoms. The molecule has 1 amide bonds. The number of rotatable bonds is 6. The van der Waals surface area contributed by atoms with Gasteiger partial charge in [-0.2, -0.15) is 0 Å². The molecule has 0 aliphatic rings. The van der Waals surface area contributed by atoms with Crippen LogP contribution in [0.2, 0.25) is 0 Å². The summed E-state index contributed by atoms with van der Waals surface area (Å²) < 4.78 is 4.72. The first-order chi connectivity index (χ1) is 10.7. The average molecular weight is 300 g/mol. The zero-order valence-corrected chi connectivity index (χ0v) is 12.1. The first-order valence-electron chi connectivity index (χ1n) is 6.71. The molecule has 7 nitrogen and oxygen atoms in total. The summed E-state index contributed by atoms with van der Waals surface area (Å²) in [5, 5.41) is 0. The first kappa shape index (κ1) is 15.6. The molecule has 0 bridgehead atoms. The van der Waals surface area contributed by atoms with Gasteiger partial charge in [0.05, 0.1) is 5.56 Å². The summed E-state index contributed by atoms with van der Waals surface area (Å²) in [5.74, 6) is -0.166. The summed E-state index contributed by atoms with van der Waals surface area (Å²) in [6.45, 7) is 1.82. The molecule has 0 aliphatic carbocycles. The fourth-order valence-electron chi connectivity index (χ4n) is 1.64. The minimum atomic E-state index is -0.363. The lowest BCUT2D eigenvalue weighted by Crippen LogP contribution is -2.39. The van der Waals surface area contributed by atoms with Gasteiger partial charge in [0.25, 0.3) is 5.91 Å². The lowest BCUT2D eigenvalue weighted by molar-refractivity contribution is -0.140. The van der Waals surface area contributed by atoms with E-state index < -0.39 is 0 Å². The van der Waals surface area contributed by atoms with E-state index in [0.29, 0.717) is 17.9 Å². The number of carbonyl (C=O) groups is 2. The molecule has 0 unspecified atom stereocenters. The van der Waals surface area contributed by atoms with Gasteiger partial charge in [-0.1, -0.05) is 30.3 Å². The molecule has 0 fully saturated rings. The summed E-state index contributed by atoms with van der Waals surface area (Å²) in [7, 11) is 0. The SMILES string of the molecule is CC(=O)OCCNNC(=O)c1cnc(-c2ccccc2)nc1. The van der Waals surface area contributed by atoms with E-state index in [1.807, 2.05) is 30.3 Å². The Bertz CT molecular complexity index is 629. The predicted molar refractivity (Wildman–Crippen MR) is 79.6 cm³/mol. The second kappa shape index (κ2) is 7.84. The third kappa shape index (κ3) is 4.64. The molecule has 7 heteroatoms. The van der Waals surface area contributed by atoms with Gasteiger partial charge in [-0.3, -0.25) is 15.0 Å². The van der Waals surface area contributed by atoms with E-state index in [9.17, 15) is 9.59 Å². The maximum atomic E-state index is 11.8. The van der Waals surface area contributed by atoms with Crippen molar-refractivity contribution in [3.05, 3.63) is 48.3 Å². The molecule has 1 heterocycles. The quantitative estimate of drug-likeness (QED) is 0.468. The smallest absolute Gasteiger partial charge is 0.302 e. The molecule has 0 saturated carbocycles. The van der Waals surface area contributed by atoms with E-state index in [4.69, 9.17) is 4.74 Å². The van der Waals surface area contributed by atoms with Crippen molar-refractivity contribution in [1.29, 1.82) is 0 Å². The summed E-state index contributed by atoms with van der Waals surface area (Å²) in [6, 6.07) is 9.49. The fourth-order valence-corrected chi connectivity index (χ4v) is 1.64. The van der Waals surface area contributed by atoms with E-state index in [0.717, 1.165) is 5.56 Å². The average Bonchev–Trinajstić information content (AvgIpc) is 2.55. The molecule has 2 rings (SSSR count). The standard InChI is InChI=1S/C15H16N4O3/c1-11(20)22-8-7-18-19-15(21)13-9-16-14(17-10-13)12-5-3-2-4-6-12/h2-6,9-10,18H,7-8H2,1H3,(H,19,21). The van der Waals surface area contributed by atoms with Gasteiger partial charge in [-0.15, -0.1) is 0 Å². The number of nitrogens with zero attached hydrogens (tertiary/aromatic N) is 2. The van der Waals surface area contributed by atoms with Crippen LogP contribution in [0.3, 0.4) is 0 Å². The highest BCUT2D eigenvalue weighted by atomic mass is 16.5. The normalized spacial score (nSPS) is 10.0. The molecule has 22 heavy (non-hydrogen) atoms. The molecule has 114 valence electrons. The van der Waals surface area contributed by atoms with Gasteiger partial charge in [-0.05, 0) is 0 Å². The second-order valence-electron chi connectivity index (χ2n) is 4.38. The topological polar surface area (TPSA) is 93.2 Å². The summed E-state index contributed by atoms with van der Waals surface area (Å²) in [4.78, 5) is 30.7. The van der Waals surface area contributed by atoms with Crippen LogP contribution < -0.4 is 10.9 Å². The van der Waals surface area contributed by atoms with Gasteiger partial charge in [0.1, 0.15) is 6.61 Å². The Morgan fingerprint density at radius 3 is 2.45 bits per heavy atom. The predicted octanol–water partition coefficient (Wildman–Crippen LogP) is 0.941. The highest BCUT2D eigenvalue weighted by Crippen LogP contribution is 2.12. The number of carbonyl (C=O) groups excluding carboxylic acids is 2. The Kier molecular flexibility index (Phi) is 5.56. The van der Waals surface area contributed by atoms with Crippen LogP contribution in [0.15, 0.2) is 42.7 Å². The van der Waals surface area contributed by atoms with Gasteiger partial charge < -0.3 is 4.74 Å². The molecule has 0 aliphatic heterocycles. The van der Waals surface area contributed by atoms with Crippen molar-refractivity contribution in [2.75, 3.05) is 13.2 Å². The maximum absolute atomic E-state index is 11.8. The highest BCUT2D eigenvalue weighted by Gasteiger charge is 2.07. The Morgan fingerprint density at radius 2 is 1.82 bits per heavy atom. The van der Waals surface area contributed by atoms with Crippen molar-refractivity contribution in [2.45, 2.75) is 6.92 Å². The number of nitrogens with one attached hydrogen (secondary N) is 2. The summed E-state index contributed by atoms with van der Waals surface area (Å²) >= 11 is 0. The number of benzene rings is 1. The molecule has 1 aromatic heterocycles. The van der Waals surface area contributed by atoms with Crippen molar-refractivity contribution >= 4 is 11.9 Å². The van der Waals surface area contributed by atoms with Crippen LogP contribution in [0.5, 0.6) is 0 Å². The number of esters is 1. The molecule has 0 saturated heterocycles. The van der Waals surface area contributed by atoms with Crippen molar-refractivity contribution < 1.29 is 14.3 Å². The largest absolute Gasteiger partial charge is 0.464 e. The maximum Gasteiger partial charge on any atom is 0.302 e. The third-order valence-corrected chi connectivity index (χ3v) is 2.68. The van der Waals surface area contributed by atoms with Crippen molar-refractivity contribution in [3.8, 4) is 11.4 Å². The number of ether oxygens (including phenoxy) is 1. The van der Waals surface area contributed by atoms with Crippen LogP contribution in [0.25, 0.3) is 11.4 Å². The van der Waals surface area contributed by atoms with E-state index in [2.05, 4.69) is 20.8 Å². The summed E-state index contributed by atoms with van der Waals surface area (Å²) in [6.07, 6.45) is 2.91. The molecule has 1 aromatic carbocycles. The lowest BCUT2D eigenvalue weighted by Gasteiger charge is -2.07. The molecule has 0 atom stereocenters. The van der Waals surface area contributed by atoms with Crippen LogP contribution in [-0.4, -0.2) is 35.0 Å². The number of amides is 1. The Morgan fingerprint density at radius 1 is 1.14 bits per heavy atom. The summed E-state index contributed by atoms with van der Waals surface area (Å²) in [5.41, 5.74) is 6.34. The van der Waals surface area contributed by atoms with Crippen LogP contribution in [0.1, 0.15) is 17.3 Å². The monoisotopic (exact) mass is 300 g/mol.